The fourth-order valence-corrected chi connectivity index (χ4v) is 8.48. The predicted octanol–water partition coefficient (Wildman–Crippen LogP) is 15.2. The molecule has 2 aromatic carbocycles. The van der Waals surface area contributed by atoms with Crippen LogP contribution in [-0.2, 0) is 10.8 Å². The maximum absolute atomic E-state index is 7.19. The van der Waals surface area contributed by atoms with Crippen LogP contribution >= 0.6 is 0 Å². The number of nitrogens with one attached hydrogen (secondary N) is 1. The van der Waals surface area contributed by atoms with Crippen LogP contribution in [0.15, 0.2) is 126 Å². The van der Waals surface area contributed by atoms with Crippen molar-refractivity contribution in [2.24, 2.45) is 22.0 Å². The van der Waals surface area contributed by atoms with Gasteiger partial charge in [0, 0.05) is 51.4 Å². The zero-order valence-electron chi connectivity index (χ0n) is 39.0. The molecule has 1 aliphatic heterocycles. The quantitative estimate of drug-likeness (QED) is 0.224. The van der Waals surface area contributed by atoms with Crippen molar-refractivity contribution >= 4 is 16.9 Å². The molecule has 0 bridgehead atoms. The van der Waals surface area contributed by atoms with E-state index < -0.39 is 5.41 Å². The summed E-state index contributed by atoms with van der Waals surface area (Å²) in [4.78, 5) is 2.58. The average molecular weight is 768 g/mol. The minimum Gasteiger partial charge on any atom is -0.355 e. The molecule has 0 saturated carbocycles. The number of fused-ring (bicyclic) bond motifs is 1. The highest BCUT2D eigenvalue weighted by molar-refractivity contribution is 5.80. The Hall–Kier alpha value is -4.08. The number of anilines is 2. The molecule has 3 nitrogen and oxygen atoms in total. The maximum atomic E-state index is 7.19. The van der Waals surface area contributed by atoms with Gasteiger partial charge in [0.05, 0.1) is 0 Å². The molecule has 2 unspecified atom stereocenters. The second kappa shape index (κ2) is 16.6. The van der Waals surface area contributed by atoms with Gasteiger partial charge in [-0.1, -0.05) is 165 Å². The number of nitrogens with zero attached hydrogens (tertiary/aromatic N) is 1. The Morgan fingerprint density at radius 2 is 1.42 bits per heavy atom. The fraction of sp³-hybridized carbons (Fsp3) is 0.481. The van der Waals surface area contributed by atoms with Crippen LogP contribution in [0.2, 0.25) is 0 Å². The molecule has 4 rings (SSSR count). The van der Waals surface area contributed by atoms with E-state index in [0.29, 0.717) is 0 Å². The highest BCUT2D eigenvalue weighted by atomic mass is 15.2. The van der Waals surface area contributed by atoms with E-state index in [0.717, 1.165) is 24.2 Å². The van der Waals surface area contributed by atoms with Crippen LogP contribution in [-0.4, -0.2) is 6.04 Å². The Morgan fingerprint density at radius 1 is 0.825 bits per heavy atom. The molecule has 0 aromatic heterocycles. The predicted molar refractivity (Wildman–Crippen MR) is 254 cm³/mol. The van der Waals surface area contributed by atoms with Gasteiger partial charge in [0.25, 0.3) is 0 Å². The van der Waals surface area contributed by atoms with Crippen molar-refractivity contribution < 1.29 is 0 Å². The van der Waals surface area contributed by atoms with Crippen molar-refractivity contribution in [3.63, 3.8) is 0 Å². The Balaban J connectivity index is 1.88. The lowest BCUT2D eigenvalue weighted by molar-refractivity contribution is 0.356. The van der Waals surface area contributed by atoms with E-state index in [1.54, 1.807) is 0 Å². The summed E-state index contributed by atoms with van der Waals surface area (Å²) in [6.07, 6.45) is 17.1. The van der Waals surface area contributed by atoms with Gasteiger partial charge in [-0.15, -0.1) is 0 Å². The first-order chi connectivity index (χ1) is 26.1. The molecule has 57 heavy (non-hydrogen) atoms. The number of rotatable bonds is 11. The minimum atomic E-state index is -0.401. The lowest BCUT2D eigenvalue weighted by atomic mass is 9.75. The Morgan fingerprint density at radius 3 is 1.95 bits per heavy atom. The molecule has 0 spiro atoms. The Bertz CT molecular complexity index is 2040. The molecular weight excluding hydrogens is 691 g/mol. The van der Waals surface area contributed by atoms with E-state index in [1.165, 1.54) is 61.6 Å². The number of allylic oxidation sites excluding steroid dienone is 11. The van der Waals surface area contributed by atoms with Crippen LogP contribution < -0.4 is 16.0 Å². The first-order valence-corrected chi connectivity index (χ1v) is 21.3. The first kappa shape index (κ1) is 45.6. The molecule has 3 heteroatoms. The number of hydrogen-bond donors (Lipinski definition) is 2. The molecule has 0 saturated heterocycles. The topological polar surface area (TPSA) is 41.3 Å². The van der Waals surface area contributed by atoms with Crippen molar-refractivity contribution in [2.75, 3.05) is 10.2 Å². The SMILES string of the molecule is C=C/C=C1\C(CC(C)(C)C)c2cc(C(C)(C)C)ccc2N1/C(=C(/C)CC)C(C)(C)C1=CC(Nc2ccc(C(C)(C)C)cc2/C(C)=C/C(=C\C=C)C(C)(C)C)=CC1N. The van der Waals surface area contributed by atoms with Gasteiger partial charge in [0.1, 0.15) is 0 Å². The normalized spacial score (nSPS) is 19.7. The molecule has 0 amide bonds. The summed E-state index contributed by atoms with van der Waals surface area (Å²) >= 11 is 0. The van der Waals surface area contributed by atoms with Crippen molar-refractivity contribution in [1.82, 2.24) is 0 Å². The second-order valence-corrected chi connectivity index (χ2v) is 21.4. The standard InChI is InChI=1S/C54H77N3/c1-20-23-37(51(9,10)11)29-36(5)41-30-38(52(12,13)14)25-27-46(41)56-40-32-44(45(55)33-40)54(18,19)49(35(4)22-3)57-47(24-21-2)43(34-50(6,7)8)42-31-39(53(15,16)17)26-28-48(42)57/h20-21,23-33,43,45,56H,1-2,22,34,55H2,3-19H3/b36-29+,37-23+,47-24+,49-35-. The number of nitrogens with two attached hydrogens (primary N) is 1. The lowest BCUT2D eigenvalue weighted by Gasteiger charge is -2.41. The van der Waals surface area contributed by atoms with E-state index in [-0.39, 0.29) is 33.6 Å². The molecule has 1 aliphatic carbocycles. The minimum absolute atomic E-state index is 0.0105. The summed E-state index contributed by atoms with van der Waals surface area (Å²) in [6.45, 7) is 47.4. The summed E-state index contributed by atoms with van der Waals surface area (Å²) in [5.74, 6) is 0.239. The molecule has 1 heterocycles. The van der Waals surface area contributed by atoms with Crippen LogP contribution in [0.5, 0.6) is 0 Å². The Kier molecular flexibility index (Phi) is 13.3. The zero-order chi connectivity index (χ0) is 43.1. The van der Waals surface area contributed by atoms with Crippen molar-refractivity contribution in [3.05, 3.63) is 148 Å². The van der Waals surface area contributed by atoms with Gasteiger partial charge < -0.3 is 16.0 Å². The molecule has 0 radical (unpaired) electrons. The van der Waals surface area contributed by atoms with E-state index >= 15 is 0 Å². The lowest BCUT2D eigenvalue weighted by Crippen LogP contribution is -2.37. The van der Waals surface area contributed by atoms with Crippen molar-refractivity contribution in [3.8, 4) is 0 Å². The summed E-state index contributed by atoms with van der Waals surface area (Å²) in [7, 11) is 0. The van der Waals surface area contributed by atoms with Crippen LogP contribution in [0.1, 0.15) is 159 Å². The molecule has 308 valence electrons. The summed E-state index contributed by atoms with van der Waals surface area (Å²) in [6, 6.07) is 13.8. The van der Waals surface area contributed by atoms with Crippen LogP contribution in [0.25, 0.3) is 5.57 Å². The highest BCUT2D eigenvalue weighted by Gasteiger charge is 2.44. The van der Waals surface area contributed by atoms with E-state index in [9.17, 15) is 0 Å². The zero-order valence-corrected chi connectivity index (χ0v) is 39.0. The first-order valence-electron chi connectivity index (χ1n) is 21.3. The summed E-state index contributed by atoms with van der Waals surface area (Å²) in [5, 5.41) is 3.87. The monoisotopic (exact) mass is 768 g/mol. The number of hydrogen-bond acceptors (Lipinski definition) is 3. The third-order valence-corrected chi connectivity index (χ3v) is 11.9. The second-order valence-electron chi connectivity index (χ2n) is 21.4. The fourth-order valence-electron chi connectivity index (χ4n) is 8.48. The largest absolute Gasteiger partial charge is 0.355 e. The number of benzene rings is 2. The third kappa shape index (κ3) is 10.1. The highest BCUT2D eigenvalue weighted by Crippen LogP contribution is 2.55. The Labute approximate surface area is 349 Å². The van der Waals surface area contributed by atoms with Gasteiger partial charge in [-0.2, -0.15) is 0 Å². The average Bonchev–Trinajstić information content (AvgIpc) is 3.59. The van der Waals surface area contributed by atoms with E-state index in [2.05, 4.69) is 208 Å². The molecular formula is C54H77N3. The van der Waals surface area contributed by atoms with Crippen LogP contribution in [0.4, 0.5) is 11.4 Å². The molecule has 3 N–H and O–H groups in total. The summed E-state index contributed by atoms with van der Waals surface area (Å²) < 4.78 is 0. The van der Waals surface area contributed by atoms with E-state index in [1.807, 2.05) is 12.2 Å². The van der Waals surface area contributed by atoms with Crippen LogP contribution in [0, 0.1) is 16.2 Å². The molecule has 0 fully saturated rings. The van der Waals surface area contributed by atoms with Crippen molar-refractivity contribution in [1.29, 1.82) is 0 Å². The van der Waals surface area contributed by atoms with Gasteiger partial charge in [0.15, 0.2) is 0 Å². The summed E-state index contributed by atoms with van der Waals surface area (Å²) in [5.41, 5.74) is 23.2. The van der Waals surface area contributed by atoms with Gasteiger partial charge in [-0.3, -0.25) is 0 Å². The van der Waals surface area contributed by atoms with E-state index in [4.69, 9.17) is 5.73 Å². The molecule has 2 atom stereocenters. The smallest absolute Gasteiger partial charge is 0.0494 e. The third-order valence-electron chi connectivity index (χ3n) is 11.9. The molecule has 2 aromatic rings. The maximum Gasteiger partial charge on any atom is 0.0494 e. The van der Waals surface area contributed by atoms with Crippen molar-refractivity contribution in [2.45, 2.75) is 153 Å². The van der Waals surface area contributed by atoms with Gasteiger partial charge in [0.2, 0.25) is 0 Å². The van der Waals surface area contributed by atoms with Crippen LogP contribution in [0.3, 0.4) is 0 Å². The molecule has 2 aliphatic rings. The van der Waals surface area contributed by atoms with Gasteiger partial charge in [-0.05, 0) is 118 Å². The van der Waals surface area contributed by atoms with Gasteiger partial charge in [-0.25, -0.2) is 0 Å². The van der Waals surface area contributed by atoms with Gasteiger partial charge >= 0.3 is 0 Å².